The van der Waals surface area contributed by atoms with Gasteiger partial charge in [0.25, 0.3) is 30.1 Å². The first kappa shape index (κ1) is 70.8. The van der Waals surface area contributed by atoms with Gasteiger partial charge in [-0.2, -0.15) is 56.3 Å². The Balaban J connectivity index is 0.817. The molecular formula is C63H45Cl3N15O13PS6. The van der Waals surface area contributed by atoms with Crippen LogP contribution >= 0.6 is 76.6 Å². The highest BCUT2D eigenvalue weighted by Gasteiger charge is 2.30. The minimum atomic E-state index is -5.05. The van der Waals surface area contributed by atoms with Crippen LogP contribution in [-0.4, -0.2) is 68.3 Å². The van der Waals surface area contributed by atoms with Gasteiger partial charge in [0.2, 0.25) is 14.4 Å². The molecule has 0 aliphatic heterocycles. The maximum Gasteiger partial charge on any atom is 0.480 e. The quantitative estimate of drug-likeness (QED) is 0.0507. The Morgan fingerprint density at radius 2 is 0.703 bits per heavy atom. The molecule has 6 aromatic heterocycles. The number of thiazole rings is 3. The van der Waals surface area contributed by atoms with Gasteiger partial charge in [0.15, 0.2) is 0 Å². The zero-order chi connectivity index (χ0) is 71.4. The number of aromatic nitrogens is 9. The number of benzene rings is 6. The van der Waals surface area contributed by atoms with Gasteiger partial charge in [0.05, 0.1) is 48.5 Å². The molecule has 0 fully saturated rings. The van der Waals surface area contributed by atoms with Crippen molar-refractivity contribution in [3.63, 3.8) is 0 Å². The second-order valence-corrected chi connectivity index (χ2v) is 31.4. The molecule has 12 aromatic rings. The van der Waals surface area contributed by atoms with Gasteiger partial charge in [-0.1, -0.05) is 34.8 Å². The lowest BCUT2D eigenvalue weighted by atomic mass is 10.1. The summed E-state index contributed by atoms with van der Waals surface area (Å²) in [5, 5.41) is 48.9. The van der Waals surface area contributed by atoms with E-state index in [1.165, 1.54) is 71.1 Å². The molecule has 0 amide bonds. The van der Waals surface area contributed by atoms with Crippen LogP contribution in [-0.2, 0) is 89.5 Å². The highest BCUT2D eigenvalue weighted by atomic mass is 35.5. The zero-order valence-corrected chi connectivity index (χ0v) is 60.0. The number of nitriles is 3. The average molecular weight is 1550 g/mol. The number of halogens is 3. The lowest BCUT2D eigenvalue weighted by molar-refractivity contribution is 0.0523. The van der Waals surface area contributed by atoms with E-state index in [9.17, 15) is 41.0 Å². The second-order valence-electron chi connectivity index (χ2n) is 20.9. The van der Waals surface area contributed by atoms with E-state index >= 15 is 4.57 Å². The molecule has 6 aromatic carbocycles. The second kappa shape index (κ2) is 29.6. The molecule has 38 heteroatoms. The standard InChI is InChI=1S/C63H45Cl3N15O13PS6/c1-76-52(16-19-70-76)49-31-43(64)4-10-58(49)92-55-13-7-46(28-40(55)34-67)99(83,84)73-61-79(22-25-96-61)37-89-95(82,90-38-80-23-26-97-62(80)74-100(85,86)47-8-14-56(41(29-47)35-68)93-59-11-5-44(65)32-50(59)53-17-20-71-77(53)2)91-39-81-24-27-98-63(81)75-101(87,88)48-9-15-57(42(30-48)36-69)94-60-12-6-45(66)33-51(60)54-18-21-72-78(54)3/h4-33H,37-39H2,1-3H3/b73-61-,74-62-,75-63-. The maximum atomic E-state index is 15.1. The van der Waals surface area contributed by atoms with E-state index in [2.05, 4.69) is 28.5 Å². The third-order valence-electron chi connectivity index (χ3n) is 14.5. The minimum Gasteiger partial charge on any atom is -0.455 e. The molecule has 0 atom stereocenters. The highest BCUT2D eigenvalue weighted by molar-refractivity contribution is 7.90. The number of phosphoric acid groups is 1. The van der Waals surface area contributed by atoms with Crippen LogP contribution in [0.4, 0.5) is 0 Å². The molecule has 0 bridgehead atoms. The van der Waals surface area contributed by atoms with Crippen LogP contribution in [0.15, 0.2) is 209 Å². The lowest BCUT2D eigenvalue weighted by Gasteiger charge is -2.19. The summed E-state index contributed by atoms with van der Waals surface area (Å²) in [6.07, 6.45) is 8.78. The normalized spacial score (nSPS) is 12.5. The third-order valence-corrected chi connectivity index (χ3v) is 23.0. The summed E-state index contributed by atoms with van der Waals surface area (Å²) in [6.45, 7) is -2.38. The molecule has 0 radical (unpaired) electrons. The number of rotatable bonds is 24. The molecule has 0 unspecified atom stereocenters. The first-order valence-electron chi connectivity index (χ1n) is 28.8. The number of aryl methyl sites for hydroxylation is 3. The lowest BCUT2D eigenvalue weighted by Crippen LogP contribution is -2.21. The van der Waals surface area contributed by atoms with Crippen LogP contribution in [0, 0.1) is 34.0 Å². The predicted molar refractivity (Wildman–Crippen MR) is 371 cm³/mol. The first-order valence-corrected chi connectivity index (χ1v) is 38.3. The number of hydrogen-bond acceptors (Lipinski definition) is 22. The van der Waals surface area contributed by atoms with Crippen molar-refractivity contribution in [3.8, 4) is 86.5 Å². The Bertz CT molecular complexity index is 5440. The molecule has 0 aliphatic rings. The highest BCUT2D eigenvalue weighted by Crippen LogP contribution is 2.51. The van der Waals surface area contributed by atoms with Crippen LogP contribution in [0.5, 0.6) is 34.5 Å². The fraction of sp³-hybridized carbons (Fsp3) is 0.0952. The van der Waals surface area contributed by atoms with Crippen molar-refractivity contribution < 1.29 is 57.6 Å². The van der Waals surface area contributed by atoms with Gasteiger partial charge in [0.1, 0.15) is 72.9 Å². The minimum absolute atomic E-state index is 0.00830. The number of ether oxygens (including phenoxy) is 3. The monoisotopic (exact) mass is 1550 g/mol. The average Bonchev–Trinajstić information content (AvgIpc) is 1.79. The van der Waals surface area contributed by atoms with Crippen molar-refractivity contribution in [3.05, 3.63) is 227 Å². The topological polar surface area (TPSA) is 352 Å². The number of phosphoric ester groups is 1. The largest absolute Gasteiger partial charge is 0.480 e. The Morgan fingerprint density at radius 1 is 0.426 bits per heavy atom. The fourth-order valence-corrected chi connectivity index (χ4v) is 17.0. The molecule has 0 saturated heterocycles. The van der Waals surface area contributed by atoms with Gasteiger partial charge in [-0.15, -0.1) is 47.2 Å². The van der Waals surface area contributed by atoms with E-state index in [0.29, 0.717) is 48.8 Å². The van der Waals surface area contributed by atoms with E-state index < -0.39 is 72.8 Å². The summed E-state index contributed by atoms with van der Waals surface area (Å²) in [5.41, 5.74) is 3.02. The molecule has 512 valence electrons. The van der Waals surface area contributed by atoms with Crippen LogP contribution in [0.2, 0.25) is 15.1 Å². The summed E-state index contributed by atoms with van der Waals surface area (Å²) in [5.74, 6) is 0.887. The Kier molecular flexibility index (Phi) is 20.8. The van der Waals surface area contributed by atoms with E-state index in [1.54, 1.807) is 127 Å². The summed E-state index contributed by atoms with van der Waals surface area (Å²) in [7, 11) is -13.8. The summed E-state index contributed by atoms with van der Waals surface area (Å²) in [4.78, 5) is -1.91. The predicted octanol–water partition coefficient (Wildman–Crippen LogP) is 12.7. The van der Waals surface area contributed by atoms with Crippen LogP contribution in [0.1, 0.15) is 16.7 Å². The molecule has 0 aliphatic carbocycles. The van der Waals surface area contributed by atoms with E-state index in [1.807, 2.05) is 18.2 Å². The molecule has 0 spiro atoms. The van der Waals surface area contributed by atoms with Crippen molar-refractivity contribution in [1.82, 2.24) is 43.0 Å². The van der Waals surface area contributed by atoms with Crippen LogP contribution < -0.4 is 28.6 Å². The van der Waals surface area contributed by atoms with Gasteiger partial charge in [0, 0.05) is 106 Å². The third kappa shape index (κ3) is 15.9. The van der Waals surface area contributed by atoms with Crippen molar-refractivity contribution >= 4 is 107 Å². The number of hydrogen-bond donors (Lipinski definition) is 0. The first-order chi connectivity index (χ1) is 48.4. The number of nitrogens with zero attached hydrogens (tertiary/aromatic N) is 15. The van der Waals surface area contributed by atoms with Crippen molar-refractivity contribution in [2.45, 2.75) is 34.9 Å². The van der Waals surface area contributed by atoms with Gasteiger partial charge in [-0.25, -0.2) is 4.57 Å². The van der Waals surface area contributed by atoms with Gasteiger partial charge in [-0.3, -0.25) is 41.3 Å². The smallest absolute Gasteiger partial charge is 0.455 e. The molecule has 28 nitrogen and oxygen atoms in total. The Morgan fingerprint density at radius 3 is 0.960 bits per heavy atom. The fourth-order valence-electron chi connectivity index (χ4n) is 9.56. The van der Waals surface area contributed by atoms with E-state index in [4.69, 9.17) is 62.6 Å². The van der Waals surface area contributed by atoms with Crippen molar-refractivity contribution in [2.75, 3.05) is 0 Å². The molecule has 6 heterocycles. The van der Waals surface area contributed by atoms with E-state index in [0.717, 1.165) is 65.9 Å². The summed E-state index contributed by atoms with van der Waals surface area (Å²) in [6, 6.07) is 36.3. The SMILES string of the molecule is Cn1nccc1-c1cc(Cl)ccc1Oc1ccc(S(=O)(=O)/N=c2\sccn2COP(=O)(OCn2ccs/c2=N\S(=O)(=O)c2ccc(Oc3ccc(Cl)cc3-c3ccnn3C)c(C#N)c2)OCn2ccs/c2=N\S(=O)(=O)c2ccc(Oc3ccc(Cl)cc3-c3ccnn3C)c(C#N)c2)cc1C#N. The molecule has 0 N–H and O–H groups in total. The van der Waals surface area contributed by atoms with E-state index in [-0.39, 0.29) is 65.6 Å². The maximum absolute atomic E-state index is 15.1. The summed E-state index contributed by atoms with van der Waals surface area (Å²) < 4.78 is 156. The van der Waals surface area contributed by atoms with Gasteiger partial charge >= 0.3 is 7.82 Å². The molecule has 0 saturated carbocycles. The molecular weight excluding hydrogens is 1500 g/mol. The van der Waals surface area contributed by atoms with Crippen LogP contribution in [0.25, 0.3) is 33.8 Å². The Labute approximate surface area is 601 Å². The van der Waals surface area contributed by atoms with Crippen LogP contribution in [0.3, 0.4) is 0 Å². The molecule has 101 heavy (non-hydrogen) atoms. The van der Waals surface area contributed by atoms with Crippen molar-refractivity contribution in [1.29, 1.82) is 15.8 Å². The Hall–Kier alpha value is -10.1. The van der Waals surface area contributed by atoms with Gasteiger partial charge in [-0.05, 0) is 127 Å². The van der Waals surface area contributed by atoms with Gasteiger partial charge < -0.3 is 14.2 Å². The molecule has 12 rings (SSSR count). The summed E-state index contributed by atoms with van der Waals surface area (Å²) >= 11 is 21.5. The van der Waals surface area contributed by atoms with Crippen molar-refractivity contribution in [2.24, 2.45) is 34.3 Å². The number of sulfonamides is 3. The zero-order valence-electron chi connectivity index (χ0n) is 52.0.